The number of nitro benzene ring substituents is 1. The van der Waals surface area contributed by atoms with Gasteiger partial charge in [-0.2, -0.15) is 4.39 Å². The zero-order valence-electron chi connectivity index (χ0n) is 11.3. The van der Waals surface area contributed by atoms with Gasteiger partial charge in [-0.05, 0) is 13.0 Å². The number of benzene rings is 1. The molecule has 0 bridgehead atoms. The van der Waals surface area contributed by atoms with Crippen LogP contribution in [0.1, 0.15) is 17.3 Å². The molecule has 0 saturated heterocycles. The van der Waals surface area contributed by atoms with Crippen LogP contribution in [0.25, 0.3) is 0 Å². The zero-order valence-corrected chi connectivity index (χ0v) is 11.3. The Bertz CT molecular complexity index is 591. The highest BCUT2D eigenvalue weighted by Crippen LogP contribution is 2.24. The molecule has 114 valence electrons. The van der Waals surface area contributed by atoms with Crippen molar-refractivity contribution in [1.29, 1.82) is 0 Å². The van der Waals surface area contributed by atoms with Crippen molar-refractivity contribution < 1.29 is 28.0 Å². The second kappa shape index (κ2) is 6.73. The summed E-state index contributed by atoms with van der Waals surface area (Å²) in [6, 6.07) is 1.24. The number of ether oxygens (including phenoxy) is 1. The largest absolute Gasteiger partial charge is 0.465 e. The third-order valence-electron chi connectivity index (χ3n) is 2.50. The normalized spacial score (nSPS) is 10.1. The zero-order chi connectivity index (χ0) is 16.2. The first-order chi connectivity index (χ1) is 9.79. The van der Waals surface area contributed by atoms with Crippen LogP contribution in [0.2, 0.25) is 0 Å². The molecule has 0 N–H and O–H groups in total. The van der Waals surface area contributed by atoms with E-state index in [0.717, 1.165) is 7.05 Å². The molecule has 0 unspecified atom stereocenters. The summed E-state index contributed by atoms with van der Waals surface area (Å²) in [6.45, 7) is 1.11. The molecule has 0 heterocycles. The van der Waals surface area contributed by atoms with Crippen LogP contribution in [0.4, 0.5) is 14.5 Å². The van der Waals surface area contributed by atoms with Crippen molar-refractivity contribution in [3.8, 4) is 0 Å². The number of hydrogen-bond acceptors (Lipinski definition) is 5. The first kappa shape index (κ1) is 16.5. The minimum atomic E-state index is -1.58. The van der Waals surface area contributed by atoms with Gasteiger partial charge < -0.3 is 9.64 Å². The van der Waals surface area contributed by atoms with Crippen molar-refractivity contribution in [3.63, 3.8) is 0 Å². The second-order valence-corrected chi connectivity index (χ2v) is 3.98. The number of hydrogen-bond donors (Lipinski definition) is 0. The van der Waals surface area contributed by atoms with Gasteiger partial charge in [-0.3, -0.25) is 19.7 Å². The number of carbonyl (C=O) groups is 2. The van der Waals surface area contributed by atoms with Crippen molar-refractivity contribution in [2.24, 2.45) is 0 Å². The lowest BCUT2D eigenvalue weighted by molar-refractivity contribution is -0.387. The van der Waals surface area contributed by atoms with E-state index in [1.165, 1.54) is 0 Å². The van der Waals surface area contributed by atoms with Gasteiger partial charge in [0, 0.05) is 13.1 Å². The molecular weight excluding hydrogens is 290 g/mol. The van der Waals surface area contributed by atoms with E-state index in [0.29, 0.717) is 17.0 Å². The van der Waals surface area contributed by atoms with E-state index in [2.05, 4.69) is 4.74 Å². The summed E-state index contributed by atoms with van der Waals surface area (Å²) in [5.74, 6) is -4.79. The minimum absolute atomic E-state index is 0.0837. The molecular formula is C12H12F2N2O5. The first-order valence-corrected chi connectivity index (χ1v) is 5.83. The Hall–Kier alpha value is -2.58. The first-order valence-electron chi connectivity index (χ1n) is 5.83. The third kappa shape index (κ3) is 3.71. The van der Waals surface area contributed by atoms with Crippen LogP contribution < -0.4 is 0 Å². The molecule has 1 aromatic rings. The van der Waals surface area contributed by atoms with Gasteiger partial charge in [0.2, 0.25) is 5.82 Å². The van der Waals surface area contributed by atoms with Crippen molar-refractivity contribution in [2.45, 2.75) is 6.92 Å². The Morgan fingerprint density at radius 2 is 2.00 bits per heavy atom. The Labute approximate surface area is 118 Å². The predicted molar refractivity (Wildman–Crippen MR) is 66.6 cm³/mol. The van der Waals surface area contributed by atoms with Crippen molar-refractivity contribution in [1.82, 2.24) is 4.90 Å². The fourth-order valence-corrected chi connectivity index (χ4v) is 1.54. The van der Waals surface area contributed by atoms with Crippen LogP contribution in [0.15, 0.2) is 12.1 Å². The number of rotatable bonds is 5. The summed E-state index contributed by atoms with van der Waals surface area (Å²) in [5.41, 5.74) is -2.11. The van der Waals surface area contributed by atoms with Crippen LogP contribution in [-0.2, 0) is 9.53 Å². The summed E-state index contributed by atoms with van der Waals surface area (Å²) in [7, 11) is 1.12. The van der Waals surface area contributed by atoms with Crippen molar-refractivity contribution in [3.05, 3.63) is 39.4 Å². The van der Waals surface area contributed by atoms with Crippen LogP contribution in [0, 0.1) is 21.7 Å². The molecule has 0 saturated carbocycles. The Morgan fingerprint density at radius 3 is 2.52 bits per heavy atom. The molecule has 9 heteroatoms. The van der Waals surface area contributed by atoms with Gasteiger partial charge >= 0.3 is 11.7 Å². The lowest BCUT2D eigenvalue weighted by atomic mass is 10.1. The number of esters is 1. The summed E-state index contributed by atoms with van der Waals surface area (Å²) in [6.07, 6.45) is 0. The highest BCUT2D eigenvalue weighted by molar-refractivity contribution is 5.96. The minimum Gasteiger partial charge on any atom is -0.465 e. The molecule has 0 aliphatic rings. The molecule has 0 radical (unpaired) electrons. The fraction of sp³-hybridized carbons (Fsp3) is 0.333. The van der Waals surface area contributed by atoms with Crippen LogP contribution >= 0.6 is 0 Å². The van der Waals surface area contributed by atoms with Gasteiger partial charge in [-0.25, -0.2) is 4.39 Å². The van der Waals surface area contributed by atoms with E-state index in [9.17, 15) is 28.5 Å². The summed E-state index contributed by atoms with van der Waals surface area (Å²) in [5, 5.41) is 10.6. The number of halogens is 2. The predicted octanol–water partition coefficient (Wildman–Crippen LogP) is 1.51. The molecule has 1 rings (SSSR count). The molecule has 7 nitrogen and oxygen atoms in total. The molecule has 0 fully saturated rings. The third-order valence-corrected chi connectivity index (χ3v) is 2.50. The topological polar surface area (TPSA) is 89.8 Å². The Morgan fingerprint density at radius 1 is 1.38 bits per heavy atom. The summed E-state index contributed by atoms with van der Waals surface area (Å²) >= 11 is 0. The fourth-order valence-electron chi connectivity index (χ4n) is 1.54. The van der Waals surface area contributed by atoms with E-state index in [1.54, 1.807) is 6.92 Å². The van der Waals surface area contributed by atoms with E-state index in [1.807, 2.05) is 0 Å². The van der Waals surface area contributed by atoms with Crippen molar-refractivity contribution >= 4 is 17.6 Å². The standard InChI is InChI=1S/C12H12F2N2O5/c1-3-21-9(17)6-15(2)12(18)10-7(13)4-5-8(11(10)14)16(19)20/h4-5H,3,6H2,1-2H3. The SMILES string of the molecule is CCOC(=O)CN(C)C(=O)c1c(F)ccc([N+](=O)[O-])c1F. The highest BCUT2D eigenvalue weighted by atomic mass is 19.1. The van der Waals surface area contributed by atoms with Crippen LogP contribution in [0.3, 0.4) is 0 Å². The highest BCUT2D eigenvalue weighted by Gasteiger charge is 2.28. The second-order valence-electron chi connectivity index (χ2n) is 3.98. The number of nitro groups is 1. The molecule has 1 amide bonds. The van der Waals surface area contributed by atoms with Gasteiger partial charge in [0.25, 0.3) is 5.91 Å². The Balaban J connectivity index is 3.09. The van der Waals surface area contributed by atoms with E-state index < -0.39 is 46.2 Å². The molecule has 1 aromatic carbocycles. The number of amides is 1. The van der Waals surface area contributed by atoms with Crippen LogP contribution in [-0.4, -0.2) is 41.9 Å². The number of likely N-dealkylation sites (N-methyl/N-ethyl adjacent to an activating group) is 1. The van der Waals surface area contributed by atoms with E-state index in [4.69, 9.17) is 0 Å². The average molecular weight is 302 g/mol. The molecule has 0 aromatic heterocycles. The van der Waals surface area contributed by atoms with Gasteiger partial charge in [-0.15, -0.1) is 0 Å². The molecule has 21 heavy (non-hydrogen) atoms. The van der Waals surface area contributed by atoms with Gasteiger partial charge in [0.05, 0.1) is 11.5 Å². The Kier molecular flexibility index (Phi) is 5.28. The maximum Gasteiger partial charge on any atom is 0.325 e. The maximum absolute atomic E-state index is 13.8. The van der Waals surface area contributed by atoms with E-state index >= 15 is 0 Å². The summed E-state index contributed by atoms with van der Waals surface area (Å²) in [4.78, 5) is 33.4. The lowest BCUT2D eigenvalue weighted by Gasteiger charge is -2.16. The quantitative estimate of drug-likeness (QED) is 0.467. The van der Waals surface area contributed by atoms with Gasteiger partial charge in [0.1, 0.15) is 17.9 Å². The van der Waals surface area contributed by atoms with E-state index in [-0.39, 0.29) is 6.61 Å². The van der Waals surface area contributed by atoms with Gasteiger partial charge in [0.15, 0.2) is 0 Å². The lowest BCUT2D eigenvalue weighted by Crippen LogP contribution is -2.34. The van der Waals surface area contributed by atoms with Crippen LogP contribution in [0.5, 0.6) is 0 Å². The number of carbonyl (C=O) groups excluding carboxylic acids is 2. The molecule has 0 atom stereocenters. The monoisotopic (exact) mass is 302 g/mol. The molecule has 0 spiro atoms. The number of nitrogens with zero attached hydrogens (tertiary/aromatic N) is 2. The van der Waals surface area contributed by atoms with Crippen molar-refractivity contribution in [2.75, 3.05) is 20.2 Å². The van der Waals surface area contributed by atoms with Gasteiger partial charge in [-0.1, -0.05) is 0 Å². The summed E-state index contributed by atoms with van der Waals surface area (Å²) < 4.78 is 32.0. The molecule has 0 aliphatic carbocycles. The smallest absolute Gasteiger partial charge is 0.325 e. The maximum atomic E-state index is 13.8. The molecule has 0 aliphatic heterocycles. The average Bonchev–Trinajstić information content (AvgIpc) is 2.38.